The van der Waals surface area contributed by atoms with Gasteiger partial charge in [-0.05, 0) is 27.7 Å². The Kier molecular flexibility index (Phi) is 3.11. The number of carbonyl (C=O) groups excluding carboxylic acids is 1. The van der Waals surface area contributed by atoms with E-state index < -0.39 is 6.04 Å². The molecule has 98 valence electrons. The molecule has 0 saturated carbocycles. The molecule has 1 atom stereocenters. The van der Waals surface area contributed by atoms with Gasteiger partial charge in [-0.25, -0.2) is 9.98 Å². The summed E-state index contributed by atoms with van der Waals surface area (Å²) in [6.45, 7) is 8.84. The third kappa shape index (κ3) is 2.52. The Morgan fingerprint density at radius 2 is 2.22 bits per heavy atom. The maximum Gasteiger partial charge on any atom is 0.257 e. The molecule has 2 rings (SSSR count). The molecule has 1 unspecified atom stereocenters. The Morgan fingerprint density at radius 1 is 1.50 bits per heavy atom. The summed E-state index contributed by atoms with van der Waals surface area (Å²) in [6, 6.07) is -0.503. The van der Waals surface area contributed by atoms with Crippen LogP contribution in [-0.4, -0.2) is 27.0 Å². The van der Waals surface area contributed by atoms with E-state index in [0.717, 1.165) is 12.2 Å². The predicted octanol–water partition coefficient (Wildman–Crippen LogP) is 0.818. The number of aliphatic imine (C=N–C) groups is 1. The van der Waals surface area contributed by atoms with E-state index >= 15 is 0 Å². The van der Waals surface area contributed by atoms with Crippen LogP contribution in [0.2, 0.25) is 0 Å². The fraction of sp³-hybridized carbons (Fsp3) is 0.583. The minimum Gasteiger partial charge on any atom is -0.351 e. The zero-order valence-electron chi connectivity index (χ0n) is 11.2. The maximum absolute atomic E-state index is 11.9. The minimum absolute atomic E-state index is 0.114. The van der Waals surface area contributed by atoms with Gasteiger partial charge in [-0.15, -0.1) is 0 Å². The van der Waals surface area contributed by atoms with E-state index in [9.17, 15) is 4.79 Å². The van der Waals surface area contributed by atoms with E-state index in [1.54, 1.807) is 12.5 Å². The van der Waals surface area contributed by atoms with Gasteiger partial charge < -0.3 is 9.88 Å². The first-order chi connectivity index (χ1) is 8.40. The van der Waals surface area contributed by atoms with Crippen molar-refractivity contribution in [2.75, 3.05) is 0 Å². The number of amides is 1. The van der Waals surface area contributed by atoms with Crippen LogP contribution < -0.4 is 10.6 Å². The van der Waals surface area contributed by atoms with Crippen LogP contribution in [0.4, 0.5) is 0 Å². The van der Waals surface area contributed by atoms with Gasteiger partial charge in [0.05, 0.1) is 18.2 Å². The summed E-state index contributed by atoms with van der Waals surface area (Å²) in [4.78, 5) is 20.4. The Morgan fingerprint density at radius 3 is 2.83 bits per heavy atom. The number of aryl methyl sites for hydroxylation is 1. The van der Waals surface area contributed by atoms with Crippen molar-refractivity contribution in [1.29, 1.82) is 0 Å². The summed E-state index contributed by atoms with van der Waals surface area (Å²) in [6.07, 6.45) is 3.41. The van der Waals surface area contributed by atoms with Gasteiger partial charge in [0.2, 0.25) is 0 Å². The topological polar surface area (TPSA) is 71.3 Å². The fourth-order valence-corrected chi connectivity index (χ4v) is 1.85. The molecule has 6 heteroatoms. The largest absolute Gasteiger partial charge is 0.351 e. The van der Waals surface area contributed by atoms with Crippen molar-refractivity contribution in [2.24, 2.45) is 4.99 Å². The van der Waals surface area contributed by atoms with E-state index in [4.69, 9.17) is 0 Å². The Labute approximate surface area is 107 Å². The van der Waals surface area contributed by atoms with E-state index in [1.165, 1.54) is 0 Å². The van der Waals surface area contributed by atoms with Crippen molar-refractivity contribution in [3.8, 4) is 0 Å². The average Bonchev–Trinajstić information content (AvgIpc) is 2.81. The summed E-state index contributed by atoms with van der Waals surface area (Å²) >= 11 is 0. The quantitative estimate of drug-likeness (QED) is 0.815. The molecule has 0 radical (unpaired) electrons. The van der Waals surface area contributed by atoms with E-state index in [2.05, 4.69) is 20.6 Å². The van der Waals surface area contributed by atoms with Gasteiger partial charge in [-0.3, -0.25) is 10.1 Å². The molecule has 1 aromatic heterocycles. The molecule has 0 bridgehead atoms. The van der Waals surface area contributed by atoms with Crippen LogP contribution in [-0.2, 0) is 11.3 Å². The number of rotatable bonds is 2. The molecule has 0 aliphatic carbocycles. The Bertz CT molecular complexity index is 483. The summed E-state index contributed by atoms with van der Waals surface area (Å²) < 4.78 is 1.92. The Balaban J connectivity index is 2.22. The van der Waals surface area contributed by atoms with Crippen LogP contribution in [0.15, 0.2) is 17.5 Å². The highest BCUT2D eigenvalue weighted by atomic mass is 16.2. The van der Waals surface area contributed by atoms with Crippen LogP contribution >= 0.6 is 0 Å². The third-order valence-corrected chi connectivity index (χ3v) is 2.61. The molecule has 0 aromatic carbocycles. The number of nitrogens with zero attached hydrogens (tertiary/aromatic N) is 3. The second kappa shape index (κ2) is 4.44. The lowest BCUT2D eigenvalue weighted by molar-refractivity contribution is -0.120. The number of carbonyl (C=O) groups is 1. The van der Waals surface area contributed by atoms with Crippen LogP contribution in [0.3, 0.4) is 0 Å². The molecular weight excluding hydrogens is 230 g/mol. The van der Waals surface area contributed by atoms with E-state index in [0.29, 0.717) is 5.96 Å². The van der Waals surface area contributed by atoms with Crippen LogP contribution in [0.5, 0.6) is 0 Å². The minimum atomic E-state index is -0.503. The number of hydrogen-bond donors (Lipinski definition) is 2. The molecule has 1 aromatic rings. The van der Waals surface area contributed by atoms with Gasteiger partial charge in [-0.1, -0.05) is 0 Å². The lowest BCUT2D eigenvalue weighted by Crippen LogP contribution is -2.46. The Hall–Kier alpha value is -1.85. The number of imidazole rings is 1. The molecule has 1 aliphatic heterocycles. The van der Waals surface area contributed by atoms with Gasteiger partial charge in [0, 0.05) is 12.1 Å². The van der Waals surface area contributed by atoms with E-state index in [-0.39, 0.29) is 11.4 Å². The highest BCUT2D eigenvalue weighted by Crippen LogP contribution is 2.21. The van der Waals surface area contributed by atoms with Crippen molar-refractivity contribution < 1.29 is 4.79 Å². The first-order valence-corrected chi connectivity index (χ1v) is 6.07. The van der Waals surface area contributed by atoms with Crippen LogP contribution in [0.25, 0.3) is 0 Å². The van der Waals surface area contributed by atoms with Crippen molar-refractivity contribution in [3.05, 3.63) is 18.2 Å². The highest BCUT2D eigenvalue weighted by molar-refractivity contribution is 6.05. The van der Waals surface area contributed by atoms with Crippen molar-refractivity contribution in [1.82, 2.24) is 20.2 Å². The third-order valence-electron chi connectivity index (χ3n) is 2.61. The van der Waals surface area contributed by atoms with Gasteiger partial charge in [0.15, 0.2) is 12.0 Å². The zero-order valence-corrected chi connectivity index (χ0v) is 11.2. The standard InChI is InChI=1S/C12H19N5O/c1-5-17-7-13-6-8(17)9-10(18)15-11(14-9)16-12(2,3)4/h6-7,9H,5H2,1-4H3,(H2,14,15,16,18). The first-order valence-electron chi connectivity index (χ1n) is 6.07. The molecule has 0 spiro atoms. The van der Waals surface area contributed by atoms with Crippen LogP contribution in [0, 0.1) is 0 Å². The monoisotopic (exact) mass is 249 g/mol. The van der Waals surface area contributed by atoms with Gasteiger partial charge in [-0.2, -0.15) is 0 Å². The van der Waals surface area contributed by atoms with Crippen molar-refractivity contribution in [3.63, 3.8) is 0 Å². The lowest BCUT2D eigenvalue weighted by atomic mass is 10.1. The number of guanidine groups is 1. The van der Waals surface area contributed by atoms with Crippen LogP contribution in [0.1, 0.15) is 39.4 Å². The summed E-state index contributed by atoms with van der Waals surface area (Å²) in [5, 5.41) is 5.93. The highest BCUT2D eigenvalue weighted by Gasteiger charge is 2.31. The van der Waals surface area contributed by atoms with E-state index in [1.807, 2.05) is 32.3 Å². The molecule has 2 N–H and O–H groups in total. The first kappa shape index (κ1) is 12.6. The molecule has 18 heavy (non-hydrogen) atoms. The predicted molar refractivity (Wildman–Crippen MR) is 69.1 cm³/mol. The van der Waals surface area contributed by atoms with Gasteiger partial charge in [0.25, 0.3) is 5.91 Å². The molecular formula is C12H19N5O. The van der Waals surface area contributed by atoms with Crippen molar-refractivity contribution >= 4 is 11.9 Å². The molecule has 6 nitrogen and oxygen atoms in total. The average molecular weight is 249 g/mol. The molecule has 0 fully saturated rings. The number of aromatic nitrogens is 2. The SMILES string of the molecule is CCn1cncc1C1N=C(NC(C)(C)C)NC1=O. The lowest BCUT2D eigenvalue weighted by Gasteiger charge is -2.21. The fourth-order valence-electron chi connectivity index (χ4n) is 1.85. The zero-order chi connectivity index (χ0) is 13.3. The summed E-state index contributed by atoms with van der Waals surface area (Å²) in [5.74, 6) is 0.415. The second-order valence-electron chi connectivity index (χ2n) is 5.35. The summed E-state index contributed by atoms with van der Waals surface area (Å²) in [7, 11) is 0. The number of nitrogens with one attached hydrogen (secondary N) is 2. The number of hydrogen-bond acceptors (Lipinski definition) is 4. The van der Waals surface area contributed by atoms with Gasteiger partial charge in [0.1, 0.15) is 0 Å². The smallest absolute Gasteiger partial charge is 0.257 e. The molecule has 2 heterocycles. The molecule has 1 amide bonds. The normalized spacial score (nSPS) is 19.7. The molecule has 1 aliphatic rings. The molecule has 0 saturated heterocycles. The van der Waals surface area contributed by atoms with Crippen molar-refractivity contribution in [2.45, 2.75) is 45.8 Å². The second-order valence-corrected chi connectivity index (χ2v) is 5.35. The van der Waals surface area contributed by atoms with Gasteiger partial charge >= 0.3 is 0 Å². The summed E-state index contributed by atoms with van der Waals surface area (Å²) in [5.41, 5.74) is 0.687. The maximum atomic E-state index is 11.9.